The zero-order valence-electron chi connectivity index (χ0n) is 18.9. The van der Waals surface area contributed by atoms with Gasteiger partial charge in [0.2, 0.25) is 0 Å². The van der Waals surface area contributed by atoms with Crippen molar-refractivity contribution in [3.63, 3.8) is 0 Å². The van der Waals surface area contributed by atoms with Crippen LogP contribution in [-0.2, 0) is 45.6 Å². The van der Waals surface area contributed by atoms with E-state index in [1.54, 1.807) is 42.7 Å². The zero-order chi connectivity index (χ0) is 23.5. The lowest BCUT2D eigenvalue weighted by atomic mass is 10.5. The van der Waals surface area contributed by atoms with Gasteiger partial charge in [0.1, 0.15) is 0 Å². The smallest absolute Gasteiger partial charge is 0.463 e. The van der Waals surface area contributed by atoms with Gasteiger partial charge in [0, 0.05) is 66.9 Å². The van der Waals surface area contributed by atoms with E-state index in [0.717, 1.165) is 12.2 Å². The average Bonchev–Trinajstić information content (AvgIpc) is 2.80. The van der Waals surface area contributed by atoms with E-state index in [1.165, 1.54) is 0 Å². The van der Waals surface area contributed by atoms with Crippen molar-refractivity contribution < 1.29 is 45.6 Å². The van der Waals surface area contributed by atoms with Gasteiger partial charge in [-0.3, -0.25) is 0 Å². The third-order valence-corrected chi connectivity index (χ3v) is 9.61. The lowest BCUT2D eigenvalue weighted by molar-refractivity contribution is -0.138. The fourth-order valence-electron chi connectivity index (χ4n) is 2.15. The van der Waals surface area contributed by atoms with Crippen molar-refractivity contribution in [3.8, 4) is 0 Å². The third-order valence-electron chi connectivity index (χ3n) is 3.94. The molecule has 0 aliphatic rings. The molecular formula is C18H36O10Si2. The largest absolute Gasteiger partial charge is 0.500 e. The van der Waals surface area contributed by atoms with Gasteiger partial charge in [-0.1, -0.05) is 13.2 Å². The Balaban J connectivity index is 0. The Kier molecular flexibility index (Phi) is 18.9. The van der Waals surface area contributed by atoms with Crippen LogP contribution in [0, 0.1) is 0 Å². The molecule has 30 heavy (non-hydrogen) atoms. The second-order valence-electron chi connectivity index (χ2n) is 5.54. The van der Waals surface area contributed by atoms with Gasteiger partial charge in [-0.05, 0) is 12.8 Å². The SMILES string of the molecule is C=CC(=O)OCCC[Si](OC)(OC)OC.C=CC(=O)OCCC[Si](OC)(OC)OC. The quantitative estimate of drug-likeness (QED) is 0.144. The van der Waals surface area contributed by atoms with Gasteiger partial charge in [-0.15, -0.1) is 0 Å². The molecule has 0 fully saturated rings. The van der Waals surface area contributed by atoms with Crippen LogP contribution in [0.4, 0.5) is 0 Å². The summed E-state index contributed by atoms with van der Waals surface area (Å²) in [5.74, 6) is -0.843. The topological polar surface area (TPSA) is 108 Å². The summed E-state index contributed by atoms with van der Waals surface area (Å²) in [7, 11) is 4.27. The van der Waals surface area contributed by atoms with Crippen molar-refractivity contribution in [3.05, 3.63) is 25.3 Å². The number of carbonyl (C=O) groups excluding carboxylic acids is 2. The number of esters is 2. The summed E-state index contributed by atoms with van der Waals surface area (Å²) in [5, 5.41) is 0. The van der Waals surface area contributed by atoms with Gasteiger partial charge in [0.05, 0.1) is 13.2 Å². The second-order valence-corrected chi connectivity index (χ2v) is 11.7. The lowest BCUT2D eigenvalue weighted by Crippen LogP contribution is -2.42. The fraction of sp³-hybridized carbons (Fsp3) is 0.667. The molecule has 0 amide bonds. The van der Waals surface area contributed by atoms with E-state index in [-0.39, 0.29) is 0 Å². The third kappa shape index (κ3) is 13.0. The van der Waals surface area contributed by atoms with Crippen molar-refractivity contribution in [1.29, 1.82) is 0 Å². The van der Waals surface area contributed by atoms with Crippen molar-refractivity contribution in [2.75, 3.05) is 55.9 Å². The van der Waals surface area contributed by atoms with E-state index >= 15 is 0 Å². The van der Waals surface area contributed by atoms with Crippen LogP contribution < -0.4 is 0 Å². The van der Waals surface area contributed by atoms with E-state index in [2.05, 4.69) is 13.2 Å². The first-order valence-corrected chi connectivity index (χ1v) is 13.0. The van der Waals surface area contributed by atoms with E-state index in [1.807, 2.05) is 0 Å². The first-order chi connectivity index (χ1) is 14.3. The molecule has 12 heteroatoms. The highest BCUT2D eigenvalue weighted by atomic mass is 28.4. The Bertz CT molecular complexity index is 433. The molecule has 0 aliphatic carbocycles. The molecule has 0 bridgehead atoms. The Hall–Kier alpha value is -1.39. The van der Waals surface area contributed by atoms with Gasteiger partial charge in [0.25, 0.3) is 0 Å². The number of hydrogen-bond acceptors (Lipinski definition) is 10. The summed E-state index contributed by atoms with van der Waals surface area (Å²) in [6.45, 7) is 7.22. The first-order valence-electron chi connectivity index (χ1n) is 9.17. The van der Waals surface area contributed by atoms with Crippen LogP contribution in [0.5, 0.6) is 0 Å². The molecular weight excluding hydrogens is 432 g/mol. The van der Waals surface area contributed by atoms with Crippen LogP contribution in [0.25, 0.3) is 0 Å². The molecule has 0 spiro atoms. The lowest BCUT2D eigenvalue weighted by Gasteiger charge is -2.23. The number of ether oxygens (including phenoxy) is 2. The summed E-state index contributed by atoms with van der Waals surface area (Å²) < 4.78 is 40.9. The molecule has 0 heterocycles. The Labute approximate surface area is 181 Å². The van der Waals surface area contributed by atoms with Crippen LogP contribution >= 0.6 is 0 Å². The highest BCUT2D eigenvalue weighted by molar-refractivity contribution is 6.60. The van der Waals surface area contributed by atoms with Crippen LogP contribution in [0.1, 0.15) is 12.8 Å². The molecule has 0 unspecified atom stereocenters. The number of hydrogen-bond donors (Lipinski definition) is 0. The van der Waals surface area contributed by atoms with Crippen LogP contribution in [0.2, 0.25) is 12.1 Å². The van der Waals surface area contributed by atoms with Crippen molar-refractivity contribution in [1.82, 2.24) is 0 Å². The number of carbonyl (C=O) groups is 2. The Morgan fingerprint density at radius 2 is 0.900 bits per heavy atom. The molecule has 0 N–H and O–H groups in total. The summed E-state index contributed by atoms with van der Waals surface area (Å²) in [6, 6.07) is 1.22. The predicted octanol–water partition coefficient (Wildman–Crippen LogP) is 1.97. The Morgan fingerprint density at radius 3 is 1.10 bits per heavy atom. The maximum absolute atomic E-state index is 10.7. The van der Waals surface area contributed by atoms with Crippen LogP contribution in [-0.4, -0.2) is 85.4 Å². The molecule has 0 saturated heterocycles. The Morgan fingerprint density at radius 1 is 0.633 bits per heavy atom. The van der Waals surface area contributed by atoms with E-state index < -0.39 is 29.5 Å². The molecule has 176 valence electrons. The summed E-state index contributed by atoms with van der Waals surface area (Å²) in [4.78, 5) is 21.4. The standard InChI is InChI=1S/2C9H18O5Si/c2*1-5-9(10)14-7-6-8-15(11-2,12-3)13-4/h2*5H,1,6-8H2,2-4H3. The maximum atomic E-state index is 10.7. The van der Waals surface area contributed by atoms with Crippen LogP contribution in [0.3, 0.4) is 0 Å². The van der Waals surface area contributed by atoms with Crippen molar-refractivity contribution >= 4 is 29.5 Å². The normalized spacial score (nSPS) is 11.1. The van der Waals surface area contributed by atoms with Gasteiger partial charge in [-0.2, -0.15) is 0 Å². The van der Waals surface area contributed by atoms with Gasteiger partial charge in [-0.25, -0.2) is 9.59 Å². The fourth-order valence-corrected chi connectivity index (χ4v) is 5.53. The van der Waals surface area contributed by atoms with E-state index in [9.17, 15) is 9.59 Å². The minimum Gasteiger partial charge on any atom is -0.463 e. The minimum atomic E-state index is -2.52. The van der Waals surface area contributed by atoms with E-state index in [4.69, 9.17) is 36.0 Å². The maximum Gasteiger partial charge on any atom is 0.500 e. The van der Waals surface area contributed by atoms with E-state index in [0.29, 0.717) is 38.1 Å². The van der Waals surface area contributed by atoms with Crippen LogP contribution in [0.15, 0.2) is 25.3 Å². The average molecular weight is 469 g/mol. The molecule has 0 saturated carbocycles. The molecule has 0 aromatic heterocycles. The minimum absolute atomic E-state index is 0.315. The first kappa shape index (κ1) is 30.8. The van der Waals surface area contributed by atoms with Gasteiger partial charge in [0.15, 0.2) is 0 Å². The van der Waals surface area contributed by atoms with Crippen molar-refractivity contribution in [2.45, 2.75) is 24.9 Å². The molecule has 10 nitrogen and oxygen atoms in total. The molecule has 0 atom stereocenters. The highest BCUT2D eigenvalue weighted by Gasteiger charge is 2.37. The summed E-state index contributed by atoms with van der Waals surface area (Å²) in [6.07, 6.45) is 3.55. The molecule has 0 rings (SSSR count). The summed E-state index contributed by atoms with van der Waals surface area (Å²) in [5.41, 5.74) is 0. The number of rotatable bonds is 16. The second kappa shape index (κ2) is 18.4. The van der Waals surface area contributed by atoms with Crippen molar-refractivity contribution in [2.24, 2.45) is 0 Å². The molecule has 0 aromatic rings. The zero-order valence-corrected chi connectivity index (χ0v) is 20.9. The monoisotopic (exact) mass is 468 g/mol. The molecule has 0 aromatic carbocycles. The highest BCUT2D eigenvalue weighted by Crippen LogP contribution is 2.15. The molecule has 0 aliphatic heterocycles. The van der Waals surface area contributed by atoms with Gasteiger partial charge >= 0.3 is 29.5 Å². The summed E-state index contributed by atoms with van der Waals surface area (Å²) >= 11 is 0. The predicted molar refractivity (Wildman–Crippen MR) is 115 cm³/mol. The van der Waals surface area contributed by atoms with Gasteiger partial charge < -0.3 is 36.0 Å². The molecule has 0 radical (unpaired) electrons.